The van der Waals surface area contributed by atoms with Gasteiger partial charge in [0.2, 0.25) is 0 Å². The Balaban J connectivity index is 1.77. The van der Waals surface area contributed by atoms with Crippen molar-refractivity contribution in [3.05, 3.63) is 47.9 Å². The first-order valence-corrected chi connectivity index (χ1v) is 7.50. The topological polar surface area (TPSA) is 47.5 Å². The minimum absolute atomic E-state index is 0.390. The highest BCUT2D eigenvalue weighted by Gasteiger charge is 2.20. The van der Waals surface area contributed by atoms with E-state index in [1.54, 1.807) is 13.4 Å². The molecule has 1 aromatic carbocycles. The number of anilines is 1. The summed E-state index contributed by atoms with van der Waals surface area (Å²) in [4.78, 5) is 10.9. The molecule has 0 radical (unpaired) electrons. The molecule has 0 saturated carbocycles. The van der Waals surface area contributed by atoms with Crippen LogP contribution < -0.4 is 9.64 Å². The Hall–Kier alpha value is -2.14. The third-order valence-electron chi connectivity index (χ3n) is 4.01. The van der Waals surface area contributed by atoms with Gasteiger partial charge in [-0.25, -0.2) is 9.97 Å². The van der Waals surface area contributed by atoms with Crippen LogP contribution in [0, 0.1) is 0 Å². The molecule has 0 unspecified atom stereocenters. The van der Waals surface area contributed by atoms with E-state index in [0.29, 0.717) is 5.92 Å². The fourth-order valence-electron chi connectivity index (χ4n) is 2.73. The molecule has 1 atom stereocenters. The summed E-state index contributed by atoms with van der Waals surface area (Å²) < 4.78 is 10.9. The third-order valence-corrected chi connectivity index (χ3v) is 4.01. The van der Waals surface area contributed by atoms with Crippen molar-refractivity contribution in [1.29, 1.82) is 0 Å². The Kier molecular flexibility index (Phi) is 4.53. The van der Waals surface area contributed by atoms with Crippen LogP contribution in [0.25, 0.3) is 0 Å². The summed E-state index contributed by atoms with van der Waals surface area (Å²) in [6, 6.07) is 10.1. The van der Waals surface area contributed by atoms with Crippen LogP contribution in [-0.4, -0.2) is 37.3 Å². The average Bonchev–Trinajstić information content (AvgIpc) is 3.10. The van der Waals surface area contributed by atoms with Crippen LogP contribution in [0.4, 0.5) is 5.82 Å². The maximum atomic E-state index is 5.45. The molecular weight excluding hydrogens is 278 g/mol. The van der Waals surface area contributed by atoms with Crippen molar-refractivity contribution >= 4 is 5.82 Å². The van der Waals surface area contributed by atoms with Crippen molar-refractivity contribution in [2.24, 2.45) is 0 Å². The van der Waals surface area contributed by atoms with Crippen molar-refractivity contribution in [3.8, 4) is 5.75 Å². The molecule has 0 aliphatic carbocycles. The Labute approximate surface area is 130 Å². The van der Waals surface area contributed by atoms with Gasteiger partial charge in [-0.3, -0.25) is 0 Å². The number of nitrogens with zero attached hydrogens (tertiary/aromatic N) is 3. The predicted octanol–water partition coefficient (Wildman–Crippen LogP) is 2.63. The van der Waals surface area contributed by atoms with Gasteiger partial charge in [0.05, 0.1) is 19.4 Å². The predicted molar refractivity (Wildman–Crippen MR) is 85.3 cm³/mol. The van der Waals surface area contributed by atoms with Gasteiger partial charge in [-0.2, -0.15) is 0 Å². The average molecular weight is 299 g/mol. The maximum Gasteiger partial charge on any atom is 0.132 e. The summed E-state index contributed by atoms with van der Waals surface area (Å²) in [7, 11) is 3.73. The largest absolute Gasteiger partial charge is 0.496 e. The molecule has 0 spiro atoms. The Bertz CT molecular complexity index is 627. The molecule has 3 rings (SSSR count). The van der Waals surface area contributed by atoms with E-state index in [1.807, 2.05) is 25.2 Å². The number of hydrogen-bond donors (Lipinski definition) is 0. The lowest BCUT2D eigenvalue weighted by molar-refractivity contribution is 0.193. The van der Waals surface area contributed by atoms with Gasteiger partial charge in [-0.05, 0) is 12.5 Å². The number of ether oxygens (including phenoxy) is 2. The van der Waals surface area contributed by atoms with E-state index in [1.165, 1.54) is 0 Å². The monoisotopic (exact) mass is 299 g/mol. The van der Waals surface area contributed by atoms with Gasteiger partial charge in [0.15, 0.2) is 0 Å². The standard InChI is InChI=1S/C17H21N3O2/c1-20(10-13-5-3-4-6-16(13)21-2)17-9-15(18-12-19-17)14-7-8-22-11-14/h3-6,9,12,14H,7-8,10-11H2,1-2H3/t14-/m1/s1. The van der Waals surface area contributed by atoms with Gasteiger partial charge in [-0.1, -0.05) is 18.2 Å². The van der Waals surface area contributed by atoms with E-state index in [9.17, 15) is 0 Å². The Morgan fingerprint density at radius 2 is 2.18 bits per heavy atom. The minimum atomic E-state index is 0.390. The van der Waals surface area contributed by atoms with Gasteiger partial charge in [0.25, 0.3) is 0 Å². The zero-order chi connectivity index (χ0) is 15.4. The lowest BCUT2D eigenvalue weighted by Gasteiger charge is -2.20. The van der Waals surface area contributed by atoms with Crippen molar-refractivity contribution in [3.63, 3.8) is 0 Å². The number of rotatable bonds is 5. The summed E-state index contributed by atoms with van der Waals surface area (Å²) in [5.74, 6) is 2.21. The lowest BCUT2D eigenvalue weighted by Crippen LogP contribution is -2.19. The fourth-order valence-corrected chi connectivity index (χ4v) is 2.73. The Morgan fingerprint density at radius 3 is 2.95 bits per heavy atom. The quantitative estimate of drug-likeness (QED) is 0.849. The molecule has 116 valence electrons. The lowest BCUT2D eigenvalue weighted by atomic mass is 10.0. The second-order valence-electron chi connectivity index (χ2n) is 5.53. The van der Waals surface area contributed by atoms with E-state index >= 15 is 0 Å². The van der Waals surface area contributed by atoms with E-state index < -0.39 is 0 Å². The molecule has 1 aromatic heterocycles. The number of methoxy groups -OCH3 is 1. The number of aromatic nitrogens is 2. The van der Waals surface area contributed by atoms with Crippen LogP contribution in [0.5, 0.6) is 5.75 Å². The highest BCUT2D eigenvalue weighted by Crippen LogP contribution is 2.26. The molecule has 0 amide bonds. The molecule has 0 N–H and O–H groups in total. The first-order valence-electron chi connectivity index (χ1n) is 7.50. The molecule has 5 heteroatoms. The number of hydrogen-bond acceptors (Lipinski definition) is 5. The molecule has 1 aliphatic heterocycles. The minimum Gasteiger partial charge on any atom is -0.496 e. The molecule has 1 saturated heterocycles. The fraction of sp³-hybridized carbons (Fsp3) is 0.412. The van der Waals surface area contributed by atoms with Gasteiger partial charge < -0.3 is 14.4 Å². The van der Waals surface area contributed by atoms with E-state index in [0.717, 1.165) is 49.0 Å². The van der Waals surface area contributed by atoms with Gasteiger partial charge in [-0.15, -0.1) is 0 Å². The highest BCUT2D eigenvalue weighted by atomic mass is 16.5. The summed E-state index contributed by atoms with van der Waals surface area (Å²) in [5.41, 5.74) is 2.20. The van der Waals surface area contributed by atoms with Crippen molar-refractivity contribution in [2.75, 3.05) is 32.3 Å². The van der Waals surface area contributed by atoms with Gasteiger partial charge >= 0.3 is 0 Å². The van der Waals surface area contributed by atoms with Crippen LogP contribution >= 0.6 is 0 Å². The van der Waals surface area contributed by atoms with Gasteiger partial charge in [0, 0.05) is 37.7 Å². The molecular formula is C17H21N3O2. The van der Waals surface area contributed by atoms with Crippen LogP contribution in [0.1, 0.15) is 23.6 Å². The zero-order valence-electron chi connectivity index (χ0n) is 13.0. The SMILES string of the molecule is COc1ccccc1CN(C)c1cc([C@@H]2CCOC2)ncn1. The summed E-state index contributed by atoms with van der Waals surface area (Å²) >= 11 is 0. The van der Waals surface area contributed by atoms with Crippen LogP contribution in [-0.2, 0) is 11.3 Å². The molecule has 1 aliphatic rings. The third kappa shape index (κ3) is 3.20. The first kappa shape index (κ1) is 14.8. The molecule has 2 aromatic rings. The van der Waals surface area contributed by atoms with E-state index in [2.05, 4.69) is 27.0 Å². The Morgan fingerprint density at radius 1 is 1.32 bits per heavy atom. The molecule has 2 heterocycles. The second-order valence-corrected chi connectivity index (χ2v) is 5.53. The first-order chi connectivity index (χ1) is 10.8. The zero-order valence-corrected chi connectivity index (χ0v) is 13.0. The summed E-state index contributed by atoms with van der Waals surface area (Å²) in [6.45, 7) is 2.31. The summed E-state index contributed by atoms with van der Waals surface area (Å²) in [5, 5.41) is 0. The van der Waals surface area contributed by atoms with Crippen molar-refractivity contribution in [1.82, 2.24) is 9.97 Å². The summed E-state index contributed by atoms with van der Waals surface area (Å²) in [6.07, 6.45) is 2.67. The highest BCUT2D eigenvalue weighted by molar-refractivity contribution is 5.42. The van der Waals surface area contributed by atoms with Crippen LogP contribution in [0.3, 0.4) is 0 Å². The van der Waals surface area contributed by atoms with Crippen LogP contribution in [0.15, 0.2) is 36.7 Å². The normalized spacial score (nSPS) is 17.5. The molecule has 1 fully saturated rings. The number of benzene rings is 1. The van der Waals surface area contributed by atoms with E-state index in [4.69, 9.17) is 9.47 Å². The molecule has 5 nitrogen and oxygen atoms in total. The van der Waals surface area contributed by atoms with Gasteiger partial charge in [0.1, 0.15) is 17.9 Å². The van der Waals surface area contributed by atoms with Crippen LogP contribution in [0.2, 0.25) is 0 Å². The number of para-hydroxylation sites is 1. The smallest absolute Gasteiger partial charge is 0.132 e. The second kappa shape index (κ2) is 6.75. The van der Waals surface area contributed by atoms with Crippen molar-refractivity contribution < 1.29 is 9.47 Å². The molecule has 22 heavy (non-hydrogen) atoms. The maximum absolute atomic E-state index is 5.45. The molecule has 0 bridgehead atoms. The van der Waals surface area contributed by atoms with E-state index in [-0.39, 0.29) is 0 Å². The van der Waals surface area contributed by atoms with Crippen molar-refractivity contribution in [2.45, 2.75) is 18.9 Å².